The fourth-order valence-electron chi connectivity index (χ4n) is 3.64. The van der Waals surface area contributed by atoms with Crippen molar-refractivity contribution < 1.29 is 76.7 Å². The Balaban J connectivity index is 0.000000960. The Labute approximate surface area is 194 Å². The van der Waals surface area contributed by atoms with Crippen LogP contribution in [0.4, 0.5) is 5.69 Å². The number of oxazole rings is 1. The zero-order valence-electron chi connectivity index (χ0n) is 13.9. The topological polar surface area (TPSA) is 50.1 Å². The van der Waals surface area contributed by atoms with Crippen LogP contribution in [0.1, 0.15) is 45.1 Å². The summed E-state index contributed by atoms with van der Waals surface area (Å²) in [5.41, 5.74) is 3.99. The molecule has 4 nitrogen and oxygen atoms in total. The Morgan fingerprint density at radius 1 is 1.25 bits per heavy atom. The van der Waals surface area contributed by atoms with E-state index < -0.39 is 0 Å². The number of hydrogen-bond acceptors (Lipinski definition) is 4. The number of fused-ring (bicyclic) bond motifs is 4. The summed E-state index contributed by atoms with van der Waals surface area (Å²) >= 11 is 0. The first-order valence-corrected chi connectivity index (χ1v) is 7.45. The standard InChI is InChI=1S/C17H19N3O.V.W.Y/c1-11-19-12-4-5-13-15(21-10-18-13)14(12)17(20-11)8-6-16(2,3)7-9-17;;;/h5,19-20H,1,6-9H2,2-3H3;;;/q-2;;;. The predicted octanol–water partition coefficient (Wildman–Crippen LogP) is 3.70. The summed E-state index contributed by atoms with van der Waals surface area (Å²) in [4.78, 5) is 4.15. The second kappa shape index (κ2) is 7.97. The van der Waals surface area contributed by atoms with E-state index in [2.05, 4.69) is 48.5 Å². The monoisotopic (exact) mass is 605 g/mol. The van der Waals surface area contributed by atoms with Gasteiger partial charge in [-0.3, -0.25) is 0 Å². The van der Waals surface area contributed by atoms with Gasteiger partial charge in [0.25, 0.3) is 0 Å². The first-order chi connectivity index (χ1) is 9.99. The molecule has 1 spiro atoms. The number of benzene rings is 1. The molecule has 0 saturated heterocycles. The zero-order chi connectivity index (χ0) is 14.7. The van der Waals surface area contributed by atoms with Gasteiger partial charge in [0.2, 0.25) is 0 Å². The number of nitrogens with zero attached hydrogens (tertiary/aromatic N) is 1. The molecule has 0 unspecified atom stereocenters. The molecule has 124 valence electrons. The molecule has 2 heterocycles. The Morgan fingerprint density at radius 3 is 2.58 bits per heavy atom. The van der Waals surface area contributed by atoms with E-state index in [9.17, 15) is 0 Å². The molecule has 4 rings (SSSR count). The van der Waals surface area contributed by atoms with Gasteiger partial charge in [-0.05, 0) is 31.1 Å². The zero-order valence-corrected chi connectivity index (χ0v) is 21.1. The summed E-state index contributed by atoms with van der Waals surface area (Å²) in [5.74, 6) is 0.835. The van der Waals surface area contributed by atoms with Crippen LogP contribution in [0.3, 0.4) is 0 Å². The normalized spacial score (nSPS) is 19.8. The van der Waals surface area contributed by atoms with Gasteiger partial charge in [0, 0.05) is 77.9 Å². The van der Waals surface area contributed by atoms with Crippen LogP contribution in [0.15, 0.2) is 22.9 Å². The Bertz CT molecular complexity index is 737. The van der Waals surface area contributed by atoms with Crippen LogP contribution < -0.4 is 10.6 Å². The molecule has 1 aromatic heterocycles. The van der Waals surface area contributed by atoms with Crippen molar-refractivity contribution in [2.45, 2.75) is 45.1 Å². The van der Waals surface area contributed by atoms with Gasteiger partial charge in [-0.1, -0.05) is 37.2 Å². The van der Waals surface area contributed by atoms with E-state index in [1.54, 1.807) is 0 Å². The van der Waals surface area contributed by atoms with Crippen molar-refractivity contribution in [2.75, 3.05) is 5.32 Å². The fourth-order valence-corrected chi connectivity index (χ4v) is 3.64. The maximum absolute atomic E-state index is 5.57. The van der Waals surface area contributed by atoms with E-state index in [4.69, 9.17) is 4.42 Å². The summed E-state index contributed by atoms with van der Waals surface area (Å²) in [6, 6.07) is 5.13. The molecule has 1 aliphatic carbocycles. The van der Waals surface area contributed by atoms with Crippen molar-refractivity contribution in [3.05, 3.63) is 36.5 Å². The van der Waals surface area contributed by atoms with E-state index in [1.165, 1.54) is 12.8 Å². The van der Waals surface area contributed by atoms with Crippen LogP contribution >= 0.6 is 0 Å². The summed E-state index contributed by atoms with van der Waals surface area (Å²) in [7, 11) is 0. The minimum atomic E-state index is -0.128. The maximum atomic E-state index is 5.57. The van der Waals surface area contributed by atoms with Crippen molar-refractivity contribution >= 4 is 16.8 Å². The van der Waals surface area contributed by atoms with Crippen LogP contribution in [0, 0.1) is 17.9 Å². The average molecular weight is 605 g/mol. The molecule has 24 heavy (non-hydrogen) atoms. The second-order valence-corrected chi connectivity index (χ2v) is 7.03. The van der Waals surface area contributed by atoms with Gasteiger partial charge in [-0.2, -0.15) is 12.1 Å². The number of hydrogen-bond donors (Lipinski definition) is 2. The van der Waals surface area contributed by atoms with Crippen LogP contribution in [-0.4, -0.2) is 4.98 Å². The molecule has 2 N–H and O–H groups in total. The van der Waals surface area contributed by atoms with E-state index in [0.717, 1.165) is 41.0 Å². The number of rotatable bonds is 0. The maximum Gasteiger partial charge on any atom is 0.102 e. The summed E-state index contributed by atoms with van der Waals surface area (Å²) in [6.07, 6.45) is 7.06. The van der Waals surface area contributed by atoms with Gasteiger partial charge in [0.05, 0.1) is 5.82 Å². The first kappa shape index (κ1) is 22.4. The molecule has 2 aromatic rings. The van der Waals surface area contributed by atoms with Gasteiger partial charge < -0.3 is 20.0 Å². The third kappa shape index (κ3) is 3.74. The number of aromatic nitrogens is 1. The number of anilines is 1. The molecule has 2 radical (unpaired) electrons. The molecule has 0 atom stereocenters. The fraction of sp³-hybridized carbons (Fsp3) is 0.471. The predicted molar refractivity (Wildman–Crippen MR) is 81.5 cm³/mol. The van der Waals surface area contributed by atoms with Crippen LogP contribution in [-0.2, 0) is 77.9 Å². The minimum absolute atomic E-state index is 0. The molecular formula is C17H19N3OVWY-2. The van der Waals surface area contributed by atoms with Gasteiger partial charge in [-0.15, -0.1) is 5.56 Å². The second-order valence-electron chi connectivity index (χ2n) is 7.03. The van der Waals surface area contributed by atoms with Crippen molar-refractivity contribution in [3.8, 4) is 0 Å². The molecule has 0 bridgehead atoms. The third-order valence-electron chi connectivity index (χ3n) is 4.98. The van der Waals surface area contributed by atoms with E-state index in [1.807, 2.05) is 6.07 Å². The molecule has 1 saturated carbocycles. The van der Waals surface area contributed by atoms with Gasteiger partial charge in [0.1, 0.15) is 6.39 Å². The summed E-state index contributed by atoms with van der Waals surface area (Å²) < 4.78 is 5.57. The van der Waals surface area contributed by atoms with E-state index in [0.29, 0.717) is 5.41 Å². The molecule has 2 aliphatic rings. The Hall–Kier alpha value is 0.407. The SMILES string of the molecule is C=C1Nc2[c-]cc3n[c-]oc3c2C2(CCC(C)(C)CC2)N1.[V].[W].[Y]. The smallest absolute Gasteiger partial charge is 0.102 e. The van der Waals surface area contributed by atoms with Gasteiger partial charge >= 0.3 is 0 Å². The van der Waals surface area contributed by atoms with Crippen molar-refractivity contribution in [3.63, 3.8) is 0 Å². The molecular weight excluding hydrogens is 586 g/mol. The summed E-state index contributed by atoms with van der Waals surface area (Å²) in [6.45, 7) is 8.75. The average Bonchev–Trinajstić information content (AvgIpc) is 2.90. The molecule has 1 aliphatic heterocycles. The van der Waals surface area contributed by atoms with Crippen LogP contribution in [0.2, 0.25) is 0 Å². The third-order valence-corrected chi connectivity index (χ3v) is 4.98. The Morgan fingerprint density at radius 2 is 1.92 bits per heavy atom. The van der Waals surface area contributed by atoms with Crippen molar-refractivity contribution in [1.29, 1.82) is 0 Å². The quantitative estimate of drug-likeness (QED) is 0.451. The van der Waals surface area contributed by atoms with Crippen LogP contribution in [0.5, 0.6) is 0 Å². The Kier molecular flexibility index (Phi) is 7.45. The van der Waals surface area contributed by atoms with Gasteiger partial charge in [-0.25, -0.2) is 0 Å². The molecule has 1 fully saturated rings. The largest absolute Gasteiger partial charge is 0.586 e. The minimum Gasteiger partial charge on any atom is -0.586 e. The van der Waals surface area contributed by atoms with Crippen molar-refractivity contribution in [1.82, 2.24) is 10.3 Å². The van der Waals surface area contributed by atoms with Gasteiger partial charge in [0.15, 0.2) is 0 Å². The van der Waals surface area contributed by atoms with E-state index in [-0.39, 0.29) is 77.9 Å². The molecule has 1 aromatic carbocycles. The van der Waals surface area contributed by atoms with Crippen molar-refractivity contribution in [2.24, 2.45) is 5.41 Å². The van der Waals surface area contributed by atoms with Crippen LogP contribution in [0.25, 0.3) is 11.1 Å². The van der Waals surface area contributed by atoms with E-state index >= 15 is 0 Å². The first-order valence-electron chi connectivity index (χ1n) is 7.45. The molecule has 7 heteroatoms. The molecule has 0 amide bonds. The number of nitrogens with one attached hydrogen (secondary N) is 2. The summed E-state index contributed by atoms with van der Waals surface area (Å²) in [5, 5.41) is 6.85.